The quantitative estimate of drug-likeness (QED) is 0.219. The van der Waals surface area contributed by atoms with Crippen LogP contribution in [0.4, 0.5) is 0 Å². The lowest BCUT2D eigenvalue weighted by molar-refractivity contribution is 0.321. The average Bonchev–Trinajstić information content (AvgIpc) is 1.72. The normalized spacial score (nSPS) is 10.6. The highest BCUT2D eigenvalue weighted by atomic mass is 32.2. The topological polar surface area (TPSA) is 56.4 Å². The molecule has 0 atom stereocenters. The number of nitriles is 1. The Morgan fingerprint density at radius 3 is 2.57 bits per heavy atom. The Morgan fingerprint density at radius 1 is 2.00 bits per heavy atom. The van der Waals surface area contributed by atoms with Crippen LogP contribution in [0.25, 0.3) is 0 Å². The molecule has 0 saturated carbocycles. The molecule has 0 spiro atoms. The Hall–Kier alpha value is -0.690. The fourth-order valence-electron chi connectivity index (χ4n) is 0.109. The minimum Gasteiger partial charge on any atom is -0.409 e. The van der Waals surface area contributed by atoms with Gasteiger partial charge >= 0.3 is 0 Å². The molecule has 0 heterocycles. The fraction of sp³-hybridized carbons (Fsp3) is 0.333. The molecule has 0 rings (SSSR count). The highest BCUT2D eigenvalue weighted by Gasteiger charge is 1.88. The van der Waals surface area contributed by atoms with E-state index in [4.69, 9.17) is 10.5 Å². The molecular weight excluding hydrogens is 112 g/mol. The SMILES string of the molecule is CSC(C#N)=NO. The van der Waals surface area contributed by atoms with Gasteiger partial charge in [0.2, 0.25) is 5.04 Å². The number of oxime groups is 1. The summed E-state index contributed by atoms with van der Waals surface area (Å²) >= 11 is 1.11. The van der Waals surface area contributed by atoms with E-state index in [9.17, 15) is 0 Å². The van der Waals surface area contributed by atoms with Crippen molar-refractivity contribution in [3.63, 3.8) is 0 Å². The van der Waals surface area contributed by atoms with Crippen molar-refractivity contribution in [3.8, 4) is 6.07 Å². The molecule has 0 saturated heterocycles. The molecule has 4 heteroatoms. The number of nitrogens with zero attached hydrogens (tertiary/aromatic N) is 2. The molecule has 0 aliphatic carbocycles. The molecule has 1 N–H and O–H groups in total. The molecule has 3 nitrogen and oxygen atoms in total. The number of rotatable bonds is 0. The maximum absolute atomic E-state index is 7.96. The van der Waals surface area contributed by atoms with Crippen molar-refractivity contribution in [1.82, 2.24) is 0 Å². The van der Waals surface area contributed by atoms with Crippen molar-refractivity contribution in [2.45, 2.75) is 0 Å². The third kappa shape index (κ3) is 2.06. The van der Waals surface area contributed by atoms with Crippen molar-refractivity contribution in [3.05, 3.63) is 0 Å². The van der Waals surface area contributed by atoms with Gasteiger partial charge in [-0.05, 0) is 6.26 Å². The largest absolute Gasteiger partial charge is 0.409 e. The second-order valence-electron chi connectivity index (χ2n) is 0.721. The van der Waals surface area contributed by atoms with Crippen LogP contribution in [-0.4, -0.2) is 16.5 Å². The second-order valence-corrected chi connectivity index (χ2v) is 1.52. The molecule has 0 radical (unpaired) electrons. The second kappa shape index (κ2) is 3.50. The summed E-state index contributed by atoms with van der Waals surface area (Å²) in [6, 6.07) is 1.66. The monoisotopic (exact) mass is 116 g/mol. The highest BCUT2D eigenvalue weighted by Crippen LogP contribution is 1.93. The van der Waals surface area contributed by atoms with Gasteiger partial charge < -0.3 is 5.21 Å². The van der Waals surface area contributed by atoms with Crippen LogP contribution in [-0.2, 0) is 0 Å². The van der Waals surface area contributed by atoms with Crippen molar-refractivity contribution >= 4 is 16.8 Å². The van der Waals surface area contributed by atoms with Crippen LogP contribution in [0.5, 0.6) is 0 Å². The third-order valence-corrected chi connectivity index (χ3v) is 0.939. The molecule has 0 aromatic carbocycles. The Bertz CT molecular complexity index is 115. The standard InChI is InChI=1S/C3H4N2OS/c1-7-3(2-4)5-6/h6H,1H3. The molecule has 0 aliphatic rings. The molecule has 0 amide bonds. The molecule has 0 aliphatic heterocycles. The Balaban J connectivity index is 3.68. The van der Waals surface area contributed by atoms with Crippen molar-refractivity contribution in [1.29, 1.82) is 5.26 Å². The van der Waals surface area contributed by atoms with Gasteiger partial charge in [-0.3, -0.25) is 0 Å². The summed E-state index contributed by atoms with van der Waals surface area (Å²) in [6.07, 6.45) is 1.66. The van der Waals surface area contributed by atoms with E-state index in [2.05, 4.69) is 5.16 Å². The van der Waals surface area contributed by atoms with Gasteiger partial charge in [0.25, 0.3) is 0 Å². The molecule has 0 aromatic rings. The first-order chi connectivity index (χ1) is 3.35. The molecule has 0 bridgehead atoms. The summed E-state index contributed by atoms with van der Waals surface area (Å²) in [7, 11) is 0. The van der Waals surface area contributed by atoms with Crippen LogP contribution >= 0.6 is 11.8 Å². The molecule has 38 valence electrons. The molecular formula is C3H4N2OS. The van der Waals surface area contributed by atoms with E-state index in [1.54, 1.807) is 12.3 Å². The summed E-state index contributed by atoms with van der Waals surface area (Å²) in [5.74, 6) is 0. The molecule has 0 aromatic heterocycles. The maximum atomic E-state index is 7.96. The summed E-state index contributed by atoms with van der Waals surface area (Å²) < 4.78 is 0. The van der Waals surface area contributed by atoms with Gasteiger partial charge in [-0.1, -0.05) is 16.9 Å². The first-order valence-electron chi connectivity index (χ1n) is 1.51. The summed E-state index contributed by atoms with van der Waals surface area (Å²) in [6.45, 7) is 0. The Morgan fingerprint density at radius 2 is 2.57 bits per heavy atom. The van der Waals surface area contributed by atoms with Crippen LogP contribution < -0.4 is 0 Å². The first-order valence-corrected chi connectivity index (χ1v) is 2.73. The van der Waals surface area contributed by atoms with Crippen molar-refractivity contribution in [2.24, 2.45) is 5.16 Å². The summed E-state index contributed by atoms with van der Waals surface area (Å²) in [5.41, 5.74) is 0. The smallest absolute Gasteiger partial charge is 0.212 e. The number of hydrogen-bond acceptors (Lipinski definition) is 4. The van der Waals surface area contributed by atoms with Crippen LogP contribution in [0.15, 0.2) is 5.16 Å². The number of hydrogen-bond donors (Lipinski definition) is 1. The van der Waals surface area contributed by atoms with E-state index >= 15 is 0 Å². The minimum absolute atomic E-state index is 0.0833. The maximum Gasteiger partial charge on any atom is 0.212 e. The van der Waals surface area contributed by atoms with E-state index < -0.39 is 0 Å². The predicted molar refractivity (Wildman–Crippen MR) is 28.3 cm³/mol. The fourth-order valence-corrected chi connectivity index (χ4v) is 0.282. The molecule has 0 fully saturated rings. The summed E-state index contributed by atoms with van der Waals surface area (Å²) in [4.78, 5) is 0. The Kier molecular flexibility index (Phi) is 3.15. The predicted octanol–water partition coefficient (Wildman–Crippen LogP) is 0.661. The van der Waals surface area contributed by atoms with E-state index in [-0.39, 0.29) is 5.04 Å². The van der Waals surface area contributed by atoms with Gasteiger partial charge in [0, 0.05) is 0 Å². The highest BCUT2D eigenvalue weighted by molar-refractivity contribution is 8.13. The van der Waals surface area contributed by atoms with Crippen molar-refractivity contribution < 1.29 is 5.21 Å². The lowest BCUT2D eigenvalue weighted by atomic mass is 10.8. The minimum atomic E-state index is 0.0833. The van der Waals surface area contributed by atoms with Crippen LogP contribution in [0.3, 0.4) is 0 Å². The van der Waals surface area contributed by atoms with Gasteiger partial charge in [0.15, 0.2) is 0 Å². The van der Waals surface area contributed by atoms with Crippen LogP contribution in [0.1, 0.15) is 0 Å². The van der Waals surface area contributed by atoms with Crippen LogP contribution in [0.2, 0.25) is 0 Å². The molecule has 7 heavy (non-hydrogen) atoms. The average molecular weight is 116 g/mol. The van der Waals surface area contributed by atoms with Gasteiger partial charge in [-0.15, -0.1) is 0 Å². The van der Waals surface area contributed by atoms with Gasteiger partial charge in [-0.2, -0.15) is 5.26 Å². The summed E-state index contributed by atoms with van der Waals surface area (Å²) in [5, 5.41) is 18.6. The van der Waals surface area contributed by atoms with E-state index in [0.717, 1.165) is 11.8 Å². The van der Waals surface area contributed by atoms with E-state index in [1.165, 1.54) is 0 Å². The van der Waals surface area contributed by atoms with E-state index in [0.29, 0.717) is 0 Å². The van der Waals surface area contributed by atoms with E-state index in [1.807, 2.05) is 0 Å². The van der Waals surface area contributed by atoms with Gasteiger partial charge in [0.05, 0.1) is 0 Å². The third-order valence-electron chi connectivity index (χ3n) is 0.380. The zero-order valence-corrected chi connectivity index (χ0v) is 4.57. The lowest BCUT2D eigenvalue weighted by Crippen LogP contribution is -1.81. The zero-order valence-electron chi connectivity index (χ0n) is 3.75. The lowest BCUT2D eigenvalue weighted by Gasteiger charge is -1.78. The number of thioether (sulfide) groups is 1. The Labute approximate surface area is 45.6 Å². The van der Waals surface area contributed by atoms with Gasteiger partial charge in [-0.25, -0.2) is 0 Å². The zero-order chi connectivity index (χ0) is 5.70. The van der Waals surface area contributed by atoms with Crippen molar-refractivity contribution in [2.75, 3.05) is 6.26 Å². The molecule has 0 unspecified atom stereocenters. The van der Waals surface area contributed by atoms with Crippen LogP contribution in [0, 0.1) is 11.3 Å². The first kappa shape index (κ1) is 6.31. The van der Waals surface area contributed by atoms with Gasteiger partial charge in [0.1, 0.15) is 6.07 Å².